The van der Waals surface area contributed by atoms with Crippen LogP contribution in [-0.4, -0.2) is 48.8 Å². The summed E-state index contributed by atoms with van der Waals surface area (Å²) in [5.41, 5.74) is 2.92. The number of carbonyl (C=O) groups excluding carboxylic acids is 1. The van der Waals surface area contributed by atoms with Crippen LogP contribution in [0, 0.1) is 0 Å². The number of aromatic nitrogens is 1. The van der Waals surface area contributed by atoms with Crippen molar-refractivity contribution in [3.63, 3.8) is 0 Å². The van der Waals surface area contributed by atoms with Crippen LogP contribution in [0.4, 0.5) is 5.69 Å². The van der Waals surface area contributed by atoms with Crippen molar-refractivity contribution in [2.45, 2.75) is 31.9 Å². The molecular weight excluding hydrogens is 318 g/mol. The lowest BCUT2D eigenvalue weighted by Crippen LogP contribution is -2.37. The summed E-state index contributed by atoms with van der Waals surface area (Å²) in [7, 11) is 1.78. The number of amides is 1. The van der Waals surface area contributed by atoms with Crippen molar-refractivity contribution in [3.05, 3.63) is 47.3 Å². The zero-order valence-corrected chi connectivity index (χ0v) is 14.5. The van der Waals surface area contributed by atoms with Crippen molar-refractivity contribution >= 4 is 11.6 Å². The Kier molecular flexibility index (Phi) is 4.44. The lowest BCUT2D eigenvalue weighted by atomic mass is 10.1. The van der Waals surface area contributed by atoms with E-state index in [1.165, 1.54) is 5.69 Å². The zero-order valence-electron chi connectivity index (χ0n) is 14.5. The number of hydrogen-bond acceptors (Lipinski definition) is 5. The molecule has 132 valence electrons. The summed E-state index contributed by atoms with van der Waals surface area (Å²) in [6, 6.07) is 7.97. The third-order valence-corrected chi connectivity index (χ3v) is 5.24. The molecule has 2 aliphatic rings. The van der Waals surface area contributed by atoms with Gasteiger partial charge in [0.15, 0.2) is 0 Å². The van der Waals surface area contributed by atoms with E-state index in [1.54, 1.807) is 13.3 Å². The quantitative estimate of drug-likeness (QED) is 0.858. The Morgan fingerprint density at radius 2 is 1.96 bits per heavy atom. The Morgan fingerprint density at radius 3 is 2.68 bits per heavy atom. The van der Waals surface area contributed by atoms with Crippen LogP contribution in [0.15, 0.2) is 35.0 Å². The highest BCUT2D eigenvalue weighted by atomic mass is 16.5. The number of rotatable bonds is 3. The fourth-order valence-corrected chi connectivity index (χ4v) is 3.66. The smallest absolute Gasteiger partial charge is 0.254 e. The average molecular weight is 341 g/mol. The lowest BCUT2D eigenvalue weighted by molar-refractivity contribution is 0.0729. The molecule has 0 atom stereocenters. The molecule has 1 saturated heterocycles. The first-order valence-electron chi connectivity index (χ1n) is 8.84. The monoisotopic (exact) mass is 341 g/mol. The summed E-state index contributed by atoms with van der Waals surface area (Å²) in [5.74, 6) is 0.968. The Hall–Kier alpha value is -2.34. The molecule has 1 aromatic heterocycles. The number of methoxy groups -OCH3 is 1. The van der Waals surface area contributed by atoms with Crippen molar-refractivity contribution in [3.8, 4) is 0 Å². The molecule has 2 aliphatic heterocycles. The highest BCUT2D eigenvalue weighted by Crippen LogP contribution is 2.24. The van der Waals surface area contributed by atoms with Gasteiger partial charge in [-0.1, -0.05) is 5.16 Å². The Balaban J connectivity index is 1.41. The van der Waals surface area contributed by atoms with E-state index in [9.17, 15) is 4.79 Å². The van der Waals surface area contributed by atoms with E-state index in [0.717, 1.165) is 49.2 Å². The summed E-state index contributed by atoms with van der Waals surface area (Å²) >= 11 is 0. The van der Waals surface area contributed by atoms with Crippen molar-refractivity contribution in [2.24, 2.45) is 0 Å². The molecule has 0 bridgehead atoms. The van der Waals surface area contributed by atoms with Crippen molar-refractivity contribution < 1.29 is 14.1 Å². The predicted octanol–water partition coefficient (Wildman–Crippen LogP) is 2.49. The third-order valence-electron chi connectivity index (χ3n) is 5.24. The fourth-order valence-electron chi connectivity index (χ4n) is 3.66. The Labute approximate surface area is 147 Å². The summed E-state index contributed by atoms with van der Waals surface area (Å²) in [6.07, 6.45) is 4.91. The maximum absolute atomic E-state index is 12.7. The topological polar surface area (TPSA) is 58.8 Å². The second-order valence-electron chi connectivity index (χ2n) is 6.72. The van der Waals surface area contributed by atoms with Gasteiger partial charge in [-0.05, 0) is 37.1 Å². The van der Waals surface area contributed by atoms with Crippen LogP contribution in [0.3, 0.4) is 0 Å². The Morgan fingerprint density at radius 1 is 1.20 bits per heavy atom. The highest BCUT2D eigenvalue weighted by Gasteiger charge is 2.25. The molecule has 1 amide bonds. The van der Waals surface area contributed by atoms with Crippen LogP contribution in [0.2, 0.25) is 0 Å². The number of anilines is 1. The minimum atomic E-state index is 0.0662. The Bertz CT molecular complexity index is 733. The standard InChI is InChI=1S/C19H23N3O3/c1-24-17-6-9-21(10-7-17)16-4-2-14(3-5-16)19(23)22-11-8-18-15(13-22)12-20-25-18/h2-5,12,17H,6-11,13H2,1H3. The van der Waals surface area contributed by atoms with Crippen LogP contribution >= 0.6 is 0 Å². The van der Waals surface area contributed by atoms with Gasteiger partial charge in [0.1, 0.15) is 5.76 Å². The summed E-state index contributed by atoms with van der Waals surface area (Å²) in [5, 5.41) is 3.82. The summed E-state index contributed by atoms with van der Waals surface area (Å²) < 4.78 is 10.6. The predicted molar refractivity (Wildman–Crippen MR) is 93.6 cm³/mol. The fraction of sp³-hybridized carbons (Fsp3) is 0.474. The van der Waals surface area contributed by atoms with Gasteiger partial charge in [-0.3, -0.25) is 4.79 Å². The van der Waals surface area contributed by atoms with Crippen molar-refractivity contribution in [2.75, 3.05) is 31.6 Å². The van der Waals surface area contributed by atoms with Gasteiger partial charge >= 0.3 is 0 Å². The lowest BCUT2D eigenvalue weighted by Gasteiger charge is -2.33. The van der Waals surface area contributed by atoms with Crippen LogP contribution in [-0.2, 0) is 17.7 Å². The van der Waals surface area contributed by atoms with Gasteiger partial charge in [0.2, 0.25) is 0 Å². The molecular formula is C19H23N3O3. The van der Waals surface area contributed by atoms with Gasteiger partial charge in [-0.15, -0.1) is 0 Å². The number of hydrogen-bond donors (Lipinski definition) is 0. The van der Waals surface area contributed by atoms with Crippen LogP contribution in [0.1, 0.15) is 34.5 Å². The van der Waals surface area contributed by atoms with Crippen molar-refractivity contribution in [1.82, 2.24) is 10.1 Å². The minimum absolute atomic E-state index is 0.0662. The highest BCUT2D eigenvalue weighted by molar-refractivity contribution is 5.94. The van der Waals surface area contributed by atoms with Crippen LogP contribution in [0.25, 0.3) is 0 Å². The van der Waals surface area contributed by atoms with E-state index < -0.39 is 0 Å². The molecule has 1 aromatic carbocycles. The average Bonchev–Trinajstić information content (AvgIpc) is 3.15. The molecule has 3 heterocycles. The van der Waals surface area contributed by atoms with Gasteiger partial charge in [-0.2, -0.15) is 0 Å². The molecule has 0 unspecified atom stereocenters. The second kappa shape index (κ2) is 6.88. The van der Waals surface area contributed by atoms with Crippen LogP contribution < -0.4 is 4.90 Å². The number of piperidine rings is 1. The first-order valence-corrected chi connectivity index (χ1v) is 8.84. The molecule has 2 aromatic rings. The van der Waals surface area contributed by atoms with E-state index >= 15 is 0 Å². The molecule has 0 saturated carbocycles. The molecule has 25 heavy (non-hydrogen) atoms. The molecule has 0 aliphatic carbocycles. The molecule has 6 heteroatoms. The van der Waals surface area contributed by atoms with E-state index in [0.29, 0.717) is 19.2 Å². The first-order chi connectivity index (χ1) is 12.2. The van der Waals surface area contributed by atoms with Crippen molar-refractivity contribution in [1.29, 1.82) is 0 Å². The van der Waals surface area contributed by atoms with E-state index in [1.807, 2.05) is 17.0 Å². The SMILES string of the molecule is COC1CCN(c2ccc(C(=O)N3CCc4oncc4C3)cc2)CC1. The number of fused-ring (bicyclic) bond motifs is 1. The number of ether oxygens (including phenoxy) is 1. The van der Waals surface area contributed by atoms with Gasteiger partial charge in [0.25, 0.3) is 5.91 Å². The molecule has 0 N–H and O–H groups in total. The maximum Gasteiger partial charge on any atom is 0.254 e. The number of benzene rings is 1. The molecule has 4 rings (SSSR count). The minimum Gasteiger partial charge on any atom is -0.381 e. The van der Waals surface area contributed by atoms with Gasteiger partial charge in [0, 0.05) is 50.0 Å². The van der Waals surface area contributed by atoms with E-state index in [2.05, 4.69) is 22.2 Å². The zero-order chi connectivity index (χ0) is 17.2. The molecule has 0 spiro atoms. The van der Waals surface area contributed by atoms with E-state index in [-0.39, 0.29) is 5.91 Å². The van der Waals surface area contributed by atoms with Gasteiger partial charge in [-0.25, -0.2) is 0 Å². The van der Waals surface area contributed by atoms with E-state index in [4.69, 9.17) is 9.26 Å². The second-order valence-corrected chi connectivity index (χ2v) is 6.72. The number of nitrogens with zero attached hydrogens (tertiary/aromatic N) is 3. The van der Waals surface area contributed by atoms with Gasteiger partial charge in [0.05, 0.1) is 18.8 Å². The third kappa shape index (κ3) is 3.26. The summed E-state index contributed by atoms with van der Waals surface area (Å²) in [6.45, 7) is 3.24. The molecule has 1 fully saturated rings. The number of carbonyl (C=O) groups is 1. The molecule has 0 radical (unpaired) electrons. The van der Waals surface area contributed by atoms with Crippen LogP contribution in [0.5, 0.6) is 0 Å². The normalized spacial score (nSPS) is 18.3. The molecule has 6 nitrogen and oxygen atoms in total. The largest absolute Gasteiger partial charge is 0.381 e. The summed E-state index contributed by atoms with van der Waals surface area (Å²) in [4.78, 5) is 17.0. The maximum atomic E-state index is 12.7. The first kappa shape index (κ1) is 16.1. The van der Waals surface area contributed by atoms with Gasteiger partial charge < -0.3 is 19.1 Å².